The summed E-state index contributed by atoms with van der Waals surface area (Å²) >= 11 is 0. The summed E-state index contributed by atoms with van der Waals surface area (Å²) < 4.78 is 9.21. The van der Waals surface area contributed by atoms with E-state index in [2.05, 4.69) is 170 Å². The summed E-state index contributed by atoms with van der Waals surface area (Å²) in [5, 5.41) is 7.50. The standard InChI is InChI=1S/C40H32N2OSi/c1-28(2)40-41-35-22-12-13-23-36(35)42(40)29-25-26-37-34(27-29)33-21-14-24-38(39(33)43-37)44(30-15-6-3-7-16-30,31-17-8-4-9-18-31)32-19-10-5-11-20-32/h3-28H,1-2H3. The number of aromatic nitrogens is 2. The smallest absolute Gasteiger partial charge is 0.184 e. The Bertz CT molecular complexity index is 2150. The van der Waals surface area contributed by atoms with E-state index in [0.29, 0.717) is 0 Å². The molecule has 3 nitrogen and oxygen atoms in total. The van der Waals surface area contributed by atoms with Gasteiger partial charge in [-0.2, -0.15) is 0 Å². The van der Waals surface area contributed by atoms with Gasteiger partial charge in [-0.1, -0.05) is 135 Å². The van der Waals surface area contributed by atoms with Crippen LogP contribution in [0.25, 0.3) is 38.7 Å². The monoisotopic (exact) mass is 584 g/mol. The minimum absolute atomic E-state index is 0.278. The number of rotatable bonds is 6. The van der Waals surface area contributed by atoms with Crippen LogP contribution in [-0.2, 0) is 0 Å². The van der Waals surface area contributed by atoms with E-state index >= 15 is 0 Å². The van der Waals surface area contributed by atoms with Gasteiger partial charge in [-0.25, -0.2) is 4.98 Å². The lowest BCUT2D eigenvalue weighted by Crippen LogP contribution is -2.74. The summed E-state index contributed by atoms with van der Waals surface area (Å²) in [4.78, 5) is 5.01. The first-order chi connectivity index (χ1) is 21.7. The van der Waals surface area contributed by atoms with E-state index in [1.807, 2.05) is 0 Å². The van der Waals surface area contributed by atoms with Crippen LogP contribution in [0.3, 0.4) is 0 Å². The van der Waals surface area contributed by atoms with Crippen molar-refractivity contribution in [3.63, 3.8) is 0 Å². The normalized spacial score (nSPS) is 12.1. The van der Waals surface area contributed by atoms with Crippen molar-refractivity contribution in [1.82, 2.24) is 9.55 Å². The van der Waals surface area contributed by atoms with Crippen molar-refractivity contribution in [1.29, 1.82) is 0 Å². The highest BCUT2D eigenvalue weighted by molar-refractivity contribution is 7.20. The van der Waals surface area contributed by atoms with Crippen LogP contribution in [0.15, 0.2) is 156 Å². The molecule has 2 heterocycles. The molecule has 8 rings (SSSR count). The summed E-state index contributed by atoms with van der Waals surface area (Å²) in [6.45, 7) is 4.41. The SMILES string of the molecule is CC(C)c1nc2ccccc2n1-c1ccc2oc3c([Si](c4ccccc4)(c4ccccc4)c4ccccc4)cccc3c2c1. The van der Waals surface area contributed by atoms with Crippen molar-refractivity contribution in [3.05, 3.63) is 157 Å². The molecule has 0 bridgehead atoms. The molecule has 0 fully saturated rings. The van der Waals surface area contributed by atoms with Crippen LogP contribution in [0, 0.1) is 0 Å². The molecule has 0 aliphatic carbocycles. The molecule has 0 amide bonds. The highest BCUT2D eigenvalue weighted by atomic mass is 28.3. The number of benzene rings is 6. The third kappa shape index (κ3) is 3.99. The summed E-state index contributed by atoms with van der Waals surface area (Å²) in [6, 6.07) is 54.7. The summed E-state index contributed by atoms with van der Waals surface area (Å²) in [7, 11) is -2.76. The lowest BCUT2D eigenvalue weighted by Gasteiger charge is -2.34. The molecule has 2 aromatic heterocycles. The van der Waals surface area contributed by atoms with E-state index in [1.165, 1.54) is 20.7 Å². The first-order valence-electron chi connectivity index (χ1n) is 15.3. The maximum atomic E-state index is 6.90. The van der Waals surface area contributed by atoms with Gasteiger partial charge in [0.2, 0.25) is 0 Å². The summed E-state index contributed by atoms with van der Waals surface area (Å²) in [6.07, 6.45) is 0. The van der Waals surface area contributed by atoms with Crippen molar-refractivity contribution < 1.29 is 4.42 Å². The van der Waals surface area contributed by atoms with Gasteiger partial charge in [-0.15, -0.1) is 0 Å². The third-order valence-corrected chi connectivity index (χ3v) is 13.7. The number of fused-ring (bicyclic) bond motifs is 4. The van der Waals surface area contributed by atoms with E-state index in [1.54, 1.807) is 0 Å². The highest BCUT2D eigenvalue weighted by Crippen LogP contribution is 2.33. The van der Waals surface area contributed by atoms with Crippen molar-refractivity contribution in [2.24, 2.45) is 0 Å². The fraction of sp³-hybridized carbons (Fsp3) is 0.0750. The van der Waals surface area contributed by atoms with Gasteiger partial charge in [-0.3, -0.25) is 4.57 Å². The second-order valence-corrected chi connectivity index (χ2v) is 15.5. The van der Waals surface area contributed by atoms with Gasteiger partial charge >= 0.3 is 0 Å². The van der Waals surface area contributed by atoms with Crippen LogP contribution in [-0.4, -0.2) is 17.6 Å². The average molecular weight is 585 g/mol. The fourth-order valence-electron chi connectivity index (χ4n) is 6.96. The van der Waals surface area contributed by atoms with Crippen LogP contribution >= 0.6 is 0 Å². The minimum Gasteiger partial charge on any atom is -0.456 e. The zero-order valence-electron chi connectivity index (χ0n) is 24.8. The topological polar surface area (TPSA) is 31.0 Å². The number of imidazole rings is 1. The zero-order chi connectivity index (χ0) is 29.7. The molecule has 0 radical (unpaired) electrons. The maximum absolute atomic E-state index is 6.90. The van der Waals surface area contributed by atoms with Crippen LogP contribution in [0.4, 0.5) is 0 Å². The van der Waals surface area contributed by atoms with Crippen LogP contribution in [0.1, 0.15) is 25.6 Å². The molecule has 212 valence electrons. The Kier molecular flexibility index (Phi) is 6.31. The van der Waals surface area contributed by atoms with Gasteiger partial charge in [0.25, 0.3) is 0 Å². The van der Waals surface area contributed by atoms with Crippen molar-refractivity contribution in [3.8, 4) is 5.69 Å². The van der Waals surface area contributed by atoms with E-state index < -0.39 is 8.07 Å². The Hall–Kier alpha value is -5.19. The van der Waals surface area contributed by atoms with Gasteiger partial charge in [0.1, 0.15) is 17.0 Å². The molecule has 0 aliphatic rings. The quantitative estimate of drug-likeness (QED) is 0.150. The largest absolute Gasteiger partial charge is 0.456 e. The molecule has 0 N–H and O–H groups in total. The predicted molar refractivity (Wildman–Crippen MR) is 186 cm³/mol. The summed E-state index contributed by atoms with van der Waals surface area (Å²) in [5.74, 6) is 1.34. The van der Waals surface area contributed by atoms with E-state index in [4.69, 9.17) is 9.40 Å². The second kappa shape index (κ2) is 10.5. The Morgan fingerprint density at radius 2 is 1.18 bits per heavy atom. The number of nitrogens with zero attached hydrogens (tertiary/aromatic N) is 2. The summed E-state index contributed by atoms with van der Waals surface area (Å²) in [5.41, 5.74) is 5.08. The van der Waals surface area contributed by atoms with Gasteiger partial charge in [0.15, 0.2) is 8.07 Å². The second-order valence-electron chi connectivity index (χ2n) is 11.8. The number of hydrogen-bond donors (Lipinski definition) is 0. The van der Waals surface area contributed by atoms with Crippen molar-refractivity contribution in [2.75, 3.05) is 0 Å². The molecule has 44 heavy (non-hydrogen) atoms. The van der Waals surface area contributed by atoms with Gasteiger partial charge in [0.05, 0.1) is 11.0 Å². The van der Waals surface area contributed by atoms with Crippen LogP contribution in [0.2, 0.25) is 0 Å². The molecule has 0 aliphatic heterocycles. The molecule has 0 unspecified atom stereocenters. The third-order valence-electron chi connectivity index (χ3n) is 8.87. The molecule has 0 saturated heterocycles. The van der Waals surface area contributed by atoms with Crippen molar-refractivity contribution in [2.45, 2.75) is 19.8 Å². The molecule has 4 heteroatoms. The van der Waals surface area contributed by atoms with Crippen molar-refractivity contribution >= 4 is 61.8 Å². The molecule has 8 aromatic rings. The first kappa shape index (κ1) is 26.4. The highest BCUT2D eigenvalue weighted by Gasteiger charge is 2.43. The van der Waals surface area contributed by atoms with Crippen LogP contribution < -0.4 is 20.7 Å². The van der Waals surface area contributed by atoms with Gasteiger partial charge < -0.3 is 4.42 Å². The van der Waals surface area contributed by atoms with E-state index in [-0.39, 0.29) is 5.92 Å². The lowest BCUT2D eigenvalue weighted by molar-refractivity contribution is 0.671. The van der Waals surface area contributed by atoms with Gasteiger partial charge in [0, 0.05) is 22.4 Å². The Morgan fingerprint density at radius 1 is 0.591 bits per heavy atom. The van der Waals surface area contributed by atoms with E-state index in [0.717, 1.165) is 44.5 Å². The Balaban J connectivity index is 1.44. The molecule has 6 aromatic carbocycles. The Morgan fingerprint density at radius 3 is 1.80 bits per heavy atom. The molecular weight excluding hydrogens is 553 g/mol. The number of furan rings is 1. The predicted octanol–water partition coefficient (Wildman–Crippen LogP) is 7.43. The number of para-hydroxylation sites is 3. The van der Waals surface area contributed by atoms with Gasteiger partial charge in [-0.05, 0) is 51.1 Å². The minimum atomic E-state index is -2.76. The molecule has 0 saturated carbocycles. The molecule has 0 atom stereocenters. The number of hydrogen-bond acceptors (Lipinski definition) is 2. The molecular formula is C40H32N2OSi. The lowest BCUT2D eigenvalue weighted by atomic mass is 10.1. The van der Waals surface area contributed by atoms with E-state index in [9.17, 15) is 0 Å². The molecule has 0 spiro atoms. The Labute approximate surface area is 258 Å². The van der Waals surface area contributed by atoms with Crippen LogP contribution in [0.5, 0.6) is 0 Å². The first-order valence-corrected chi connectivity index (χ1v) is 17.3. The zero-order valence-corrected chi connectivity index (χ0v) is 25.8. The maximum Gasteiger partial charge on any atom is 0.184 e. The average Bonchev–Trinajstić information content (AvgIpc) is 3.66. The fourth-order valence-corrected chi connectivity index (χ4v) is 11.8.